The molecule has 0 radical (unpaired) electrons. The molecule has 0 saturated heterocycles. The summed E-state index contributed by atoms with van der Waals surface area (Å²) in [7, 11) is -4.09. The third-order valence-electron chi connectivity index (χ3n) is 1.59. The number of benzene rings is 1. The van der Waals surface area contributed by atoms with Crippen LogP contribution >= 0.6 is 7.60 Å². The van der Waals surface area contributed by atoms with E-state index in [1.54, 1.807) is 30.3 Å². The molecule has 66 valence electrons. The van der Waals surface area contributed by atoms with Crippen LogP contribution in [0.3, 0.4) is 0 Å². The van der Waals surface area contributed by atoms with Gasteiger partial charge in [-0.25, -0.2) is 0 Å². The van der Waals surface area contributed by atoms with E-state index in [1.807, 2.05) is 0 Å². The van der Waals surface area contributed by atoms with E-state index in [0.29, 0.717) is 5.56 Å². The molecular weight excluding hydrogens is 177 g/mol. The number of rotatable bonds is 2. The Kier molecular flexibility index (Phi) is 2.65. The minimum Gasteiger partial charge on any atom is -0.341 e. The second-order valence-electron chi connectivity index (χ2n) is 2.52. The molecule has 0 aliphatic rings. The molecule has 5 heteroatoms. The summed E-state index contributed by atoms with van der Waals surface area (Å²) in [6.45, 7) is 0. The minimum absolute atomic E-state index is 0.561. The molecule has 0 bridgehead atoms. The predicted octanol–water partition coefficient (Wildman–Crippen LogP) is 0.105. The minimum atomic E-state index is -4.09. The molecule has 0 fully saturated rings. The monoisotopic (exact) mass is 188 g/mol. The summed E-state index contributed by atoms with van der Waals surface area (Å²) in [6, 6.07) is 8.54. The zero-order chi connectivity index (χ0) is 9.19. The number of hydrogen-bond acceptors (Lipinski definition) is 1. The van der Waals surface area contributed by atoms with Crippen molar-refractivity contribution in [1.82, 2.24) is 0 Å². The van der Waals surface area contributed by atoms with Gasteiger partial charge in [0.1, 0.15) is 0 Å². The number of quaternary nitrogens is 1. The van der Waals surface area contributed by atoms with Gasteiger partial charge in [0.05, 0.1) is 0 Å². The molecular formula is C7H11NO3P+. The standard InChI is InChI=1S/C7H10NO3P/c8-7(12(9,10)11)6-4-2-1-3-5-6/h1-5,7H,8H2,(H2,9,10,11)/p+1. The molecule has 12 heavy (non-hydrogen) atoms. The Bertz CT molecular complexity index is 295. The van der Waals surface area contributed by atoms with Crippen LogP contribution < -0.4 is 5.73 Å². The van der Waals surface area contributed by atoms with Gasteiger partial charge >= 0.3 is 7.60 Å². The van der Waals surface area contributed by atoms with Crippen molar-refractivity contribution in [3.8, 4) is 0 Å². The Morgan fingerprint density at radius 3 is 2.17 bits per heavy atom. The first-order chi connectivity index (χ1) is 5.52. The second-order valence-corrected chi connectivity index (χ2v) is 4.32. The molecule has 1 atom stereocenters. The third kappa shape index (κ3) is 2.16. The largest absolute Gasteiger partial charge is 0.387 e. The van der Waals surface area contributed by atoms with E-state index >= 15 is 0 Å². The maximum atomic E-state index is 10.8. The molecule has 0 aliphatic heterocycles. The van der Waals surface area contributed by atoms with Gasteiger partial charge in [-0.15, -0.1) is 0 Å². The van der Waals surface area contributed by atoms with Gasteiger partial charge in [-0.05, 0) is 0 Å². The SMILES string of the molecule is [NH3+]C(c1ccccc1)P(=O)(O)O. The van der Waals surface area contributed by atoms with Crippen LogP contribution in [0.4, 0.5) is 0 Å². The van der Waals surface area contributed by atoms with Crippen molar-refractivity contribution >= 4 is 7.60 Å². The van der Waals surface area contributed by atoms with Gasteiger partial charge in [0.15, 0.2) is 0 Å². The van der Waals surface area contributed by atoms with Crippen molar-refractivity contribution in [2.75, 3.05) is 0 Å². The fraction of sp³-hybridized carbons (Fsp3) is 0.143. The molecule has 1 rings (SSSR count). The first-order valence-corrected chi connectivity index (χ1v) is 5.13. The molecule has 0 heterocycles. The molecule has 1 aromatic carbocycles. The van der Waals surface area contributed by atoms with E-state index in [2.05, 4.69) is 5.73 Å². The zero-order valence-corrected chi connectivity index (χ0v) is 7.32. The fourth-order valence-corrected chi connectivity index (χ4v) is 1.43. The van der Waals surface area contributed by atoms with Gasteiger partial charge in [-0.3, -0.25) is 4.57 Å². The van der Waals surface area contributed by atoms with E-state index in [0.717, 1.165) is 0 Å². The highest BCUT2D eigenvalue weighted by Gasteiger charge is 2.29. The summed E-state index contributed by atoms with van der Waals surface area (Å²) in [5, 5.41) is 0. The molecule has 1 aromatic rings. The van der Waals surface area contributed by atoms with Gasteiger partial charge in [-0.2, -0.15) is 0 Å². The maximum absolute atomic E-state index is 10.8. The lowest BCUT2D eigenvalue weighted by atomic mass is 10.2. The van der Waals surface area contributed by atoms with Crippen LogP contribution in [-0.4, -0.2) is 9.79 Å². The average molecular weight is 188 g/mol. The lowest BCUT2D eigenvalue weighted by Gasteiger charge is -2.09. The third-order valence-corrected chi connectivity index (χ3v) is 2.70. The molecule has 1 unspecified atom stereocenters. The van der Waals surface area contributed by atoms with Crippen molar-refractivity contribution in [2.45, 2.75) is 5.78 Å². The zero-order valence-electron chi connectivity index (χ0n) is 6.42. The first kappa shape index (κ1) is 9.42. The average Bonchev–Trinajstić information content (AvgIpc) is 2.03. The molecule has 0 spiro atoms. The van der Waals surface area contributed by atoms with Gasteiger partial charge in [0, 0.05) is 5.56 Å². The van der Waals surface area contributed by atoms with Crippen molar-refractivity contribution in [2.24, 2.45) is 0 Å². The molecule has 0 saturated carbocycles. The first-order valence-electron chi connectivity index (χ1n) is 3.45. The highest BCUT2D eigenvalue weighted by molar-refractivity contribution is 7.51. The normalized spacial score (nSPS) is 14.2. The van der Waals surface area contributed by atoms with Crippen molar-refractivity contribution < 1.29 is 20.1 Å². The van der Waals surface area contributed by atoms with Crippen LogP contribution in [0.15, 0.2) is 30.3 Å². The summed E-state index contributed by atoms with van der Waals surface area (Å²) >= 11 is 0. The fourth-order valence-electron chi connectivity index (χ4n) is 0.869. The summed E-state index contributed by atoms with van der Waals surface area (Å²) in [5.74, 6) is -0.960. The molecule has 0 aliphatic carbocycles. The van der Waals surface area contributed by atoms with E-state index < -0.39 is 13.4 Å². The summed E-state index contributed by atoms with van der Waals surface area (Å²) in [4.78, 5) is 17.6. The van der Waals surface area contributed by atoms with Crippen molar-refractivity contribution in [3.63, 3.8) is 0 Å². The Morgan fingerprint density at radius 1 is 1.25 bits per heavy atom. The van der Waals surface area contributed by atoms with Crippen LogP contribution in [0.5, 0.6) is 0 Å². The van der Waals surface area contributed by atoms with E-state index in [-0.39, 0.29) is 0 Å². The second kappa shape index (κ2) is 3.37. The van der Waals surface area contributed by atoms with Crippen molar-refractivity contribution in [3.05, 3.63) is 35.9 Å². The van der Waals surface area contributed by atoms with Gasteiger partial charge < -0.3 is 15.5 Å². The molecule has 0 aromatic heterocycles. The Balaban J connectivity index is 2.94. The smallest absolute Gasteiger partial charge is 0.341 e. The van der Waals surface area contributed by atoms with E-state index in [4.69, 9.17) is 9.79 Å². The lowest BCUT2D eigenvalue weighted by Crippen LogP contribution is -2.53. The van der Waals surface area contributed by atoms with Crippen molar-refractivity contribution in [1.29, 1.82) is 0 Å². The predicted molar refractivity (Wildman–Crippen MR) is 44.1 cm³/mol. The highest BCUT2D eigenvalue weighted by Crippen LogP contribution is 2.46. The van der Waals surface area contributed by atoms with Crippen LogP contribution in [0.25, 0.3) is 0 Å². The molecule has 4 nitrogen and oxygen atoms in total. The van der Waals surface area contributed by atoms with Crippen LogP contribution in [-0.2, 0) is 4.57 Å². The summed E-state index contributed by atoms with van der Waals surface area (Å²) < 4.78 is 10.8. The topological polar surface area (TPSA) is 85.2 Å². The quantitative estimate of drug-likeness (QED) is 0.575. The number of hydrogen-bond donors (Lipinski definition) is 3. The van der Waals surface area contributed by atoms with Gasteiger partial charge in [0.2, 0.25) is 5.78 Å². The maximum Gasteiger partial charge on any atom is 0.387 e. The summed E-state index contributed by atoms with van der Waals surface area (Å²) in [6.07, 6.45) is 0. The summed E-state index contributed by atoms with van der Waals surface area (Å²) in [5.41, 5.74) is 3.98. The van der Waals surface area contributed by atoms with Crippen LogP contribution in [0.2, 0.25) is 0 Å². The molecule has 0 amide bonds. The highest BCUT2D eigenvalue weighted by atomic mass is 31.2. The van der Waals surface area contributed by atoms with Crippen LogP contribution in [0.1, 0.15) is 11.3 Å². The lowest BCUT2D eigenvalue weighted by molar-refractivity contribution is -0.399. The van der Waals surface area contributed by atoms with E-state index in [1.165, 1.54) is 0 Å². The Morgan fingerprint density at radius 2 is 1.75 bits per heavy atom. The Hall–Kier alpha value is -0.670. The van der Waals surface area contributed by atoms with Gasteiger partial charge in [0.25, 0.3) is 0 Å². The van der Waals surface area contributed by atoms with E-state index in [9.17, 15) is 4.57 Å². The Labute approximate surface area is 70.2 Å². The molecule has 5 N–H and O–H groups in total. The van der Waals surface area contributed by atoms with Gasteiger partial charge in [-0.1, -0.05) is 30.3 Å². The van der Waals surface area contributed by atoms with Crippen LogP contribution in [0, 0.1) is 0 Å².